The Balaban J connectivity index is 3.12. The van der Waals surface area contributed by atoms with Crippen molar-refractivity contribution in [1.82, 2.24) is 0 Å². The topological polar surface area (TPSA) is 26.0 Å². The Bertz CT molecular complexity index is 294. The van der Waals surface area contributed by atoms with Crippen LogP contribution < -0.4 is 5.73 Å². The van der Waals surface area contributed by atoms with Crippen molar-refractivity contribution in [3.8, 4) is 0 Å². The van der Waals surface area contributed by atoms with E-state index >= 15 is 0 Å². The minimum atomic E-state index is -0.412. The molecular weight excluding hydrogens is 153 g/mol. The first-order chi connectivity index (χ1) is 5.65. The van der Waals surface area contributed by atoms with Gasteiger partial charge in [0.2, 0.25) is 0 Å². The van der Waals surface area contributed by atoms with Crippen molar-refractivity contribution in [2.24, 2.45) is 5.73 Å². The average Bonchev–Trinajstić information content (AvgIpc) is 2.08. The molecule has 0 amide bonds. The highest BCUT2D eigenvalue weighted by atomic mass is 19.1. The van der Waals surface area contributed by atoms with E-state index in [2.05, 4.69) is 6.58 Å². The summed E-state index contributed by atoms with van der Waals surface area (Å²) in [6.45, 7) is 5.42. The number of nitrogens with two attached hydrogens (primary N) is 1. The van der Waals surface area contributed by atoms with Crippen molar-refractivity contribution in [2.45, 2.75) is 13.0 Å². The van der Waals surface area contributed by atoms with Crippen LogP contribution in [0, 0.1) is 12.7 Å². The lowest BCUT2D eigenvalue weighted by Crippen LogP contribution is -2.08. The van der Waals surface area contributed by atoms with Crippen LogP contribution in [0.1, 0.15) is 17.2 Å². The molecule has 0 saturated carbocycles. The van der Waals surface area contributed by atoms with E-state index < -0.39 is 6.04 Å². The van der Waals surface area contributed by atoms with Crippen LogP contribution in [0.2, 0.25) is 0 Å². The summed E-state index contributed by atoms with van der Waals surface area (Å²) in [6, 6.07) is 4.47. The zero-order valence-corrected chi connectivity index (χ0v) is 7.05. The van der Waals surface area contributed by atoms with Gasteiger partial charge in [-0.1, -0.05) is 23.8 Å². The highest BCUT2D eigenvalue weighted by Gasteiger charge is 2.07. The van der Waals surface area contributed by atoms with Gasteiger partial charge >= 0.3 is 0 Å². The monoisotopic (exact) mass is 165 g/mol. The first kappa shape index (κ1) is 8.94. The van der Waals surface area contributed by atoms with Gasteiger partial charge in [0.1, 0.15) is 5.82 Å². The van der Waals surface area contributed by atoms with Gasteiger partial charge in [0.15, 0.2) is 0 Å². The van der Waals surface area contributed by atoms with E-state index in [9.17, 15) is 4.39 Å². The normalized spacial score (nSPS) is 12.6. The van der Waals surface area contributed by atoms with E-state index in [1.807, 2.05) is 6.92 Å². The maximum absolute atomic E-state index is 13.1. The summed E-state index contributed by atoms with van der Waals surface area (Å²) in [7, 11) is 0. The average molecular weight is 165 g/mol. The van der Waals surface area contributed by atoms with E-state index in [-0.39, 0.29) is 5.82 Å². The molecule has 0 heterocycles. The summed E-state index contributed by atoms with van der Waals surface area (Å²) in [6.07, 6.45) is 1.53. The Morgan fingerprint density at radius 1 is 1.58 bits per heavy atom. The van der Waals surface area contributed by atoms with E-state index in [1.54, 1.807) is 12.1 Å². The van der Waals surface area contributed by atoms with Gasteiger partial charge in [-0.25, -0.2) is 4.39 Å². The zero-order valence-electron chi connectivity index (χ0n) is 7.05. The molecule has 64 valence electrons. The second-order valence-electron chi connectivity index (χ2n) is 2.79. The molecule has 2 N–H and O–H groups in total. The molecule has 1 aromatic carbocycles. The van der Waals surface area contributed by atoms with Crippen molar-refractivity contribution >= 4 is 0 Å². The van der Waals surface area contributed by atoms with Gasteiger partial charge in [-0.2, -0.15) is 0 Å². The molecule has 0 fully saturated rings. The maximum atomic E-state index is 13.1. The van der Waals surface area contributed by atoms with Gasteiger partial charge in [0.05, 0.1) is 6.04 Å². The Kier molecular flexibility index (Phi) is 2.61. The SMILES string of the molecule is C=C[C@H](N)c1cc(C)ccc1F. The van der Waals surface area contributed by atoms with Crippen molar-refractivity contribution in [1.29, 1.82) is 0 Å². The van der Waals surface area contributed by atoms with Crippen LogP contribution in [0.15, 0.2) is 30.9 Å². The summed E-state index contributed by atoms with van der Waals surface area (Å²) >= 11 is 0. The molecule has 1 atom stereocenters. The molecule has 0 saturated heterocycles. The van der Waals surface area contributed by atoms with Gasteiger partial charge in [-0.05, 0) is 13.0 Å². The summed E-state index contributed by atoms with van der Waals surface area (Å²) in [5.74, 6) is -0.270. The molecule has 0 unspecified atom stereocenters. The number of rotatable bonds is 2. The quantitative estimate of drug-likeness (QED) is 0.669. The fourth-order valence-corrected chi connectivity index (χ4v) is 1.05. The predicted octanol–water partition coefficient (Wildman–Crippen LogP) is 2.32. The van der Waals surface area contributed by atoms with Crippen molar-refractivity contribution in [2.75, 3.05) is 0 Å². The Labute approximate surface area is 71.7 Å². The summed E-state index contributed by atoms with van der Waals surface area (Å²) in [5.41, 5.74) is 7.11. The minimum Gasteiger partial charge on any atom is -0.321 e. The van der Waals surface area contributed by atoms with Gasteiger partial charge < -0.3 is 5.73 Å². The van der Waals surface area contributed by atoms with E-state index in [0.29, 0.717) is 5.56 Å². The molecule has 0 bridgehead atoms. The lowest BCUT2D eigenvalue weighted by Gasteiger charge is -2.08. The number of hydrogen-bond acceptors (Lipinski definition) is 1. The molecule has 0 spiro atoms. The van der Waals surface area contributed by atoms with Crippen LogP contribution in [0.3, 0.4) is 0 Å². The van der Waals surface area contributed by atoms with Crippen LogP contribution in [0.25, 0.3) is 0 Å². The van der Waals surface area contributed by atoms with Gasteiger partial charge in [0, 0.05) is 5.56 Å². The fourth-order valence-electron chi connectivity index (χ4n) is 1.05. The second kappa shape index (κ2) is 3.50. The second-order valence-corrected chi connectivity index (χ2v) is 2.79. The van der Waals surface area contributed by atoms with E-state index in [1.165, 1.54) is 12.1 Å². The number of halogens is 1. The van der Waals surface area contributed by atoms with Crippen LogP contribution in [0.5, 0.6) is 0 Å². The van der Waals surface area contributed by atoms with E-state index in [0.717, 1.165) is 5.56 Å². The Morgan fingerprint density at radius 3 is 2.83 bits per heavy atom. The lowest BCUT2D eigenvalue weighted by atomic mass is 10.0. The first-order valence-electron chi connectivity index (χ1n) is 3.79. The smallest absolute Gasteiger partial charge is 0.128 e. The third kappa shape index (κ3) is 1.71. The molecule has 1 nitrogen and oxygen atoms in total. The largest absolute Gasteiger partial charge is 0.321 e. The summed E-state index contributed by atoms with van der Waals surface area (Å²) < 4.78 is 13.1. The third-order valence-electron chi connectivity index (χ3n) is 1.76. The van der Waals surface area contributed by atoms with Crippen molar-refractivity contribution in [3.05, 3.63) is 47.8 Å². The van der Waals surface area contributed by atoms with Crippen LogP contribution in [0.4, 0.5) is 4.39 Å². The molecule has 12 heavy (non-hydrogen) atoms. The van der Waals surface area contributed by atoms with Crippen LogP contribution in [-0.2, 0) is 0 Å². The van der Waals surface area contributed by atoms with Crippen LogP contribution >= 0.6 is 0 Å². The molecular formula is C10H12FN. The van der Waals surface area contributed by atoms with Crippen molar-refractivity contribution < 1.29 is 4.39 Å². The molecule has 0 radical (unpaired) electrons. The predicted molar refractivity (Wildman–Crippen MR) is 48.3 cm³/mol. The Morgan fingerprint density at radius 2 is 2.25 bits per heavy atom. The highest BCUT2D eigenvalue weighted by molar-refractivity contribution is 5.28. The summed E-state index contributed by atoms with van der Waals surface area (Å²) in [5, 5.41) is 0. The standard InChI is InChI=1S/C10H12FN/c1-3-10(12)8-6-7(2)4-5-9(8)11/h3-6,10H,1,12H2,2H3/t10-/m0/s1. The summed E-state index contributed by atoms with van der Waals surface area (Å²) in [4.78, 5) is 0. The number of hydrogen-bond donors (Lipinski definition) is 1. The molecule has 2 heteroatoms. The molecule has 0 aliphatic carbocycles. The molecule has 0 aliphatic heterocycles. The lowest BCUT2D eigenvalue weighted by molar-refractivity contribution is 0.602. The van der Waals surface area contributed by atoms with Gasteiger partial charge in [-0.15, -0.1) is 6.58 Å². The van der Waals surface area contributed by atoms with Gasteiger partial charge in [0.25, 0.3) is 0 Å². The molecule has 1 rings (SSSR count). The van der Waals surface area contributed by atoms with Crippen LogP contribution in [-0.4, -0.2) is 0 Å². The number of aryl methyl sites for hydroxylation is 1. The maximum Gasteiger partial charge on any atom is 0.128 e. The minimum absolute atomic E-state index is 0.270. The molecule has 1 aromatic rings. The number of benzene rings is 1. The molecule has 0 aromatic heterocycles. The fraction of sp³-hybridized carbons (Fsp3) is 0.200. The first-order valence-corrected chi connectivity index (χ1v) is 3.79. The third-order valence-corrected chi connectivity index (χ3v) is 1.76. The molecule has 0 aliphatic rings. The Hall–Kier alpha value is -1.15. The zero-order chi connectivity index (χ0) is 9.14. The van der Waals surface area contributed by atoms with Gasteiger partial charge in [-0.3, -0.25) is 0 Å². The van der Waals surface area contributed by atoms with Crippen molar-refractivity contribution in [3.63, 3.8) is 0 Å². The van der Waals surface area contributed by atoms with E-state index in [4.69, 9.17) is 5.73 Å². The highest BCUT2D eigenvalue weighted by Crippen LogP contribution is 2.16.